The van der Waals surface area contributed by atoms with E-state index in [2.05, 4.69) is 12.2 Å². The van der Waals surface area contributed by atoms with E-state index in [1.54, 1.807) is 7.11 Å². The van der Waals surface area contributed by atoms with Gasteiger partial charge in [0.25, 0.3) is 0 Å². The molecule has 0 aromatic heterocycles. The first-order valence-corrected chi connectivity index (χ1v) is 7.75. The summed E-state index contributed by atoms with van der Waals surface area (Å²) in [6, 6.07) is 1.20. The van der Waals surface area contributed by atoms with E-state index >= 15 is 0 Å². The Morgan fingerprint density at radius 1 is 1.28 bits per heavy atom. The number of nitrogens with one attached hydrogen (secondary N) is 1. The molecular weight excluding hydrogens is 224 g/mol. The molecule has 3 heteroatoms. The van der Waals surface area contributed by atoms with Gasteiger partial charge in [-0.15, -0.1) is 0 Å². The molecule has 1 rings (SSSR count). The van der Waals surface area contributed by atoms with E-state index in [-0.39, 0.29) is 0 Å². The highest BCUT2D eigenvalue weighted by Crippen LogP contribution is 2.28. The lowest BCUT2D eigenvalue weighted by atomic mass is 9.83. The Kier molecular flexibility index (Phi) is 8.64. The largest absolute Gasteiger partial charge is 0.383 e. The number of methoxy groups -OCH3 is 1. The third-order valence-corrected chi connectivity index (χ3v) is 4.14. The van der Waals surface area contributed by atoms with Gasteiger partial charge in [0.2, 0.25) is 0 Å². The molecular formula is C15H32N2O. The van der Waals surface area contributed by atoms with Gasteiger partial charge in [0, 0.05) is 19.2 Å². The monoisotopic (exact) mass is 256 g/mol. The zero-order valence-electron chi connectivity index (χ0n) is 12.3. The van der Waals surface area contributed by atoms with Gasteiger partial charge in [-0.3, -0.25) is 0 Å². The molecule has 1 saturated carbocycles. The molecule has 0 bridgehead atoms. The number of hydrogen-bond donors (Lipinski definition) is 2. The van der Waals surface area contributed by atoms with Crippen LogP contribution in [0, 0.1) is 5.92 Å². The van der Waals surface area contributed by atoms with Gasteiger partial charge in [0.1, 0.15) is 0 Å². The van der Waals surface area contributed by atoms with E-state index in [4.69, 9.17) is 10.5 Å². The first-order chi connectivity index (χ1) is 8.80. The van der Waals surface area contributed by atoms with Crippen molar-refractivity contribution >= 4 is 0 Å². The molecule has 1 unspecified atom stereocenters. The summed E-state index contributed by atoms with van der Waals surface area (Å²) < 4.78 is 5.30. The highest BCUT2D eigenvalue weighted by atomic mass is 16.5. The Labute approximate surface area is 113 Å². The second-order valence-electron chi connectivity index (χ2n) is 5.76. The summed E-state index contributed by atoms with van der Waals surface area (Å²) in [7, 11) is 1.79. The summed E-state index contributed by atoms with van der Waals surface area (Å²) in [6.45, 7) is 3.89. The van der Waals surface area contributed by atoms with Gasteiger partial charge in [-0.2, -0.15) is 0 Å². The lowest BCUT2D eigenvalue weighted by molar-refractivity contribution is 0.146. The first kappa shape index (κ1) is 15.9. The molecule has 1 fully saturated rings. The van der Waals surface area contributed by atoms with Crippen LogP contribution in [0.2, 0.25) is 0 Å². The molecule has 1 atom stereocenters. The van der Waals surface area contributed by atoms with E-state index in [0.717, 1.165) is 31.9 Å². The topological polar surface area (TPSA) is 47.3 Å². The van der Waals surface area contributed by atoms with Crippen LogP contribution in [0.5, 0.6) is 0 Å². The summed E-state index contributed by atoms with van der Waals surface area (Å²) in [4.78, 5) is 0. The molecule has 0 saturated heterocycles. The van der Waals surface area contributed by atoms with Crippen molar-refractivity contribution in [2.24, 2.45) is 11.7 Å². The minimum absolute atomic E-state index is 0.492. The Hall–Kier alpha value is -0.120. The average Bonchev–Trinajstić information content (AvgIpc) is 2.39. The maximum absolute atomic E-state index is 5.59. The zero-order valence-corrected chi connectivity index (χ0v) is 12.3. The third kappa shape index (κ3) is 6.17. The van der Waals surface area contributed by atoms with Crippen molar-refractivity contribution in [2.45, 2.75) is 70.4 Å². The minimum atomic E-state index is 0.492. The molecule has 1 aliphatic rings. The van der Waals surface area contributed by atoms with E-state index in [1.807, 2.05) is 0 Å². The molecule has 108 valence electrons. The number of ether oxygens (including phenoxy) is 1. The van der Waals surface area contributed by atoms with Gasteiger partial charge >= 0.3 is 0 Å². The predicted octanol–water partition coefficient (Wildman–Crippen LogP) is 2.69. The zero-order chi connectivity index (χ0) is 13.2. The molecule has 0 spiro atoms. The van der Waals surface area contributed by atoms with Crippen molar-refractivity contribution in [1.82, 2.24) is 5.32 Å². The lowest BCUT2D eigenvalue weighted by Gasteiger charge is -2.32. The number of rotatable bonds is 9. The Morgan fingerprint density at radius 3 is 2.56 bits per heavy atom. The van der Waals surface area contributed by atoms with Crippen LogP contribution in [0.3, 0.4) is 0 Å². The SMILES string of the molecule is CCCC1CCC(NC(CCCN)COC)CC1. The summed E-state index contributed by atoms with van der Waals surface area (Å²) >= 11 is 0. The van der Waals surface area contributed by atoms with Crippen molar-refractivity contribution in [3.63, 3.8) is 0 Å². The fourth-order valence-electron chi connectivity index (χ4n) is 3.14. The van der Waals surface area contributed by atoms with E-state index in [9.17, 15) is 0 Å². The molecule has 18 heavy (non-hydrogen) atoms. The minimum Gasteiger partial charge on any atom is -0.383 e. The van der Waals surface area contributed by atoms with Crippen molar-refractivity contribution in [1.29, 1.82) is 0 Å². The van der Waals surface area contributed by atoms with Gasteiger partial charge in [-0.1, -0.05) is 19.8 Å². The second kappa shape index (κ2) is 9.76. The second-order valence-corrected chi connectivity index (χ2v) is 5.76. The van der Waals surface area contributed by atoms with Gasteiger partial charge < -0.3 is 15.8 Å². The van der Waals surface area contributed by atoms with Crippen molar-refractivity contribution < 1.29 is 4.74 Å². The Bertz CT molecular complexity index is 191. The molecule has 0 radical (unpaired) electrons. The van der Waals surface area contributed by atoms with Crippen molar-refractivity contribution in [3.8, 4) is 0 Å². The molecule has 0 heterocycles. The van der Waals surface area contributed by atoms with Crippen LogP contribution >= 0.6 is 0 Å². The highest BCUT2D eigenvalue weighted by molar-refractivity contribution is 4.80. The van der Waals surface area contributed by atoms with Crippen LogP contribution in [0.25, 0.3) is 0 Å². The summed E-state index contributed by atoms with van der Waals surface area (Å²) in [5, 5.41) is 3.77. The average molecular weight is 256 g/mol. The molecule has 0 amide bonds. The van der Waals surface area contributed by atoms with Gasteiger partial charge in [0.15, 0.2) is 0 Å². The van der Waals surface area contributed by atoms with Gasteiger partial charge in [-0.05, 0) is 51.0 Å². The first-order valence-electron chi connectivity index (χ1n) is 7.75. The fourth-order valence-corrected chi connectivity index (χ4v) is 3.14. The van der Waals surface area contributed by atoms with Crippen LogP contribution in [0.15, 0.2) is 0 Å². The van der Waals surface area contributed by atoms with Crippen LogP contribution in [-0.4, -0.2) is 32.3 Å². The summed E-state index contributed by atoms with van der Waals surface area (Å²) in [5.41, 5.74) is 5.59. The van der Waals surface area contributed by atoms with Gasteiger partial charge in [0.05, 0.1) is 6.61 Å². The molecule has 3 N–H and O–H groups in total. The molecule has 1 aliphatic carbocycles. The number of nitrogens with two attached hydrogens (primary N) is 1. The molecule has 3 nitrogen and oxygen atoms in total. The predicted molar refractivity (Wildman–Crippen MR) is 77.7 cm³/mol. The van der Waals surface area contributed by atoms with E-state index < -0.39 is 0 Å². The summed E-state index contributed by atoms with van der Waals surface area (Å²) in [5.74, 6) is 0.984. The third-order valence-electron chi connectivity index (χ3n) is 4.14. The van der Waals surface area contributed by atoms with E-state index in [0.29, 0.717) is 12.1 Å². The highest BCUT2D eigenvalue weighted by Gasteiger charge is 2.22. The lowest BCUT2D eigenvalue weighted by Crippen LogP contribution is -2.43. The maximum atomic E-state index is 5.59. The van der Waals surface area contributed by atoms with Crippen LogP contribution < -0.4 is 11.1 Å². The fraction of sp³-hybridized carbons (Fsp3) is 1.00. The van der Waals surface area contributed by atoms with Crippen molar-refractivity contribution in [3.05, 3.63) is 0 Å². The van der Waals surface area contributed by atoms with Crippen LogP contribution in [0.4, 0.5) is 0 Å². The van der Waals surface area contributed by atoms with Gasteiger partial charge in [-0.25, -0.2) is 0 Å². The molecule has 0 aromatic rings. The Balaban J connectivity index is 2.23. The standard InChI is InChI=1S/C15H32N2O/c1-3-5-13-7-9-14(10-8-13)17-15(12-18-2)6-4-11-16/h13-15,17H,3-12,16H2,1-2H3. The smallest absolute Gasteiger partial charge is 0.0615 e. The van der Waals surface area contributed by atoms with E-state index in [1.165, 1.54) is 38.5 Å². The van der Waals surface area contributed by atoms with Crippen molar-refractivity contribution in [2.75, 3.05) is 20.3 Å². The maximum Gasteiger partial charge on any atom is 0.0615 e. The van der Waals surface area contributed by atoms with Crippen LogP contribution in [-0.2, 0) is 4.74 Å². The molecule has 0 aromatic carbocycles. The summed E-state index contributed by atoms with van der Waals surface area (Å²) in [6.07, 6.45) is 10.5. The van der Waals surface area contributed by atoms with Crippen LogP contribution in [0.1, 0.15) is 58.3 Å². The normalized spacial score (nSPS) is 26.2. The molecule has 0 aliphatic heterocycles. The number of hydrogen-bond acceptors (Lipinski definition) is 3. The quantitative estimate of drug-likeness (QED) is 0.667. The Morgan fingerprint density at radius 2 is 2.00 bits per heavy atom.